The van der Waals surface area contributed by atoms with E-state index in [9.17, 15) is 9.90 Å². The number of carbonyl (C=O) groups is 1. The van der Waals surface area contributed by atoms with Crippen LogP contribution < -0.4 is 26.2 Å². The van der Waals surface area contributed by atoms with Gasteiger partial charge in [0.2, 0.25) is 5.96 Å². The van der Waals surface area contributed by atoms with Gasteiger partial charge in [0.05, 0.1) is 25.4 Å². The van der Waals surface area contributed by atoms with Crippen LogP contribution in [0.2, 0.25) is 0 Å². The van der Waals surface area contributed by atoms with E-state index in [0.717, 1.165) is 36.9 Å². The fraction of sp³-hybridized carbons (Fsp3) is 0.457. The lowest BCUT2D eigenvalue weighted by Crippen LogP contribution is -2.47. The molecule has 0 bridgehead atoms. The van der Waals surface area contributed by atoms with Crippen LogP contribution >= 0.6 is 0 Å². The van der Waals surface area contributed by atoms with Crippen LogP contribution in [0.1, 0.15) is 83.1 Å². The van der Waals surface area contributed by atoms with Gasteiger partial charge in [-0.05, 0) is 62.3 Å². The quantitative estimate of drug-likeness (QED) is 0.125. The number of aromatic nitrogens is 3. The summed E-state index contributed by atoms with van der Waals surface area (Å²) in [5.41, 5.74) is 2.03. The molecular formula is C35H48N10O3. The van der Waals surface area contributed by atoms with Crippen molar-refractivity contribution < 1.29 is 14.6 Å². The van der Waals surface area contributed by atoms with E-state index in [4.69, 9.17) is 21.0 Å². The van der Waals surface area contributed by atoms with Crippen molar-refractivity contribution in [3.8, 4) is 5.75 Å². The maximum absolute atomic E-state index is 13.4. The number of rotatable bonds is 9. The first-order valence-corrected chi connectivity index (χ1v) is 16.6. The molecule has 0 unspecified atom stereocenters. The van der Waals surface area contributed by atoms with E-state index in [2.05, 4.69) is 32.9 Å². The molecule has 0 radical (unpaired) electrons. The standard InChI is InChI=1S/C35H48N10O3/c1-23-9-7-8-17-44(23)33(38)45-22-24(12-15-30(45)37)48-28-14-13-27(25-10-5-6-11-26(25)28)39-34(47)41-32(21-29(36)35(2,3)4)40-31-16-18-43(42-31)19-20-46/h5-6,10-12,15-16,18,21-23,27-28,36-38,46H,7-9,13-14,17,19-20H2,1-4H3,(H,40,42)(H2,39,41,47)/b32-21+,36-29?,37-30?,38-33?/t23-,27-,28+/m0/s1. The molecule has 256 valence electrons. The number of benzene rings is 1. The monoisotopic (exact) mass is 656 g/mol. The lowest BCUT2D eigenvalue weighted by molar-refractivity contribution is 0.170. The molecule has 1 aromatic carbocycles. The van der Waals surface area contributed by atoms with E-state index >= 15 is 0 Å². The van der Waals surface area contributed by atoms with E-state index in [1.807, 2.05) is 45.0 Å². The van der Waals surface area contributed by atoms with Gasteiger partial charge in [-0.2, -0.15) is 5.10 Å². The van der Waals surface area contributed by atoms with Crippen LogP contribution in [0.4, 0.5) is 10.6 Å². The Balaban J connectivity index is 1.29. The summed E-state index contributed by atoms with van der Waals surface area (Å²) in [5.74, 6) is 1.65. The molecule has 2 aromatic heterocycles. The number of aliphatic hydroxyl groups is 1. The Bertz CT molecular complexity index is 1720. The summed E-state index contributed by atoms with van der Waals surface area (Å²) >= 11 is 0. The molecule has 5 rings (SSSR count). The number of urea groups is 1. The third kappa shape index (κ3) is 8.32. The second kappa shape index (κ2) is 14.9. The number of ether oxygens (including phenoxy) is 1. The molecule has 13 nitrogen and oxygen atoms in total. The second-order valence-corrected chi connectivity index (χ2v) is 13.5. The Labute approximate surface area is 281 Å². The van der Waals surface area contributed by atoms with Gasteiger partial charge in [-0.15, -0.1) is 0 Å². The SMILES string of the molecule is C[C@H]1CCCCN1C(=N)n1cc(O[C@@H]2CC[C@H](NC(=O)N/C(=C/C(=N)C(C)(C)C)Nc3ccn(CCO)n3)c3ccccc32)ccc1=N. The largest absolute Gasteiger partial charge is 0.484 e. The number of carbonyl (C=O) groups excluding carboxylic acids is 1. The number of hydrogen-bond acceptors (Lipinski definition) is 8. The van der Waals surface area contributed by atoms with Crippen molar-refractivity contribution in [3.05, 3.63) is 83.4 Å². The van der Waals surface area contributed by atoms with Crippen molar-refractivity contribution in [1.29, 1.82) is 16.2 Å². The van der Waals surface area contributed by atoms with E-state index in [-0.39, 0.29) is 36.2 Å². The van der Waals surface area contributed by atoms with Gasteiger partial charge in [-0.3, -0.25) is 25.4 Å². The highest BCUT2D eigenvalue weighted by Crippen LogP contribution is 2.38. The molecule has 7 N–H and O–H groups in total. The molecule has 1 saturated heterocycles. The lowest BCUT2D eigenvalue weighted by atomic mass is 9.85. The molecule has 48 heavy (non-hydrogen) atoms. The van der Waals surface area contributed by atoms with Gasteiger partial charge in [0.1, 0.15) is 23.2 Å². The highest BCUT2D eigenvalue weighted by molar-refractivity contribution is 5.97. The Morgan fingerprint density at radius 3 is 2.58 bits per heavy atom. The zero-order valence-electron chi connectivity index (χ0n) is 28.2. The van der Waals surface area contributed by atoms with Gasteiger partial charge in [0.25, 0.3) is 0 Å². The number of likely N-dealkylation sites (tertiary alicyclic amines) is 1. The highest BCUT2D eigenvalue weighted by atomic mass is 16.5. The van der Waals surface area contributed by atoms with Crippen molar-refractivity contribution in [2.75, 3.05) is 18.5 Å². The Hall–Kier alpha value is -4.91. The lowest BCUT2D eigenvalue weighted by Gasteiger charge is -2.36. The number of piperidine rings is 1. The minimum atomic E-state index is -0.439. The topological polar surface area (TPSA) is 180 Å². The molecule has 0 saturated carbocycles. The van der Waals surface area contributed by atoms with Crippen LogP contribution in [0, 0.1) is 21.6 Å². The fourth-order valence-corrected chi connectivity index (χ4v) is 6.04. The number of amides is 2. The summed E-state index contributed by atoms with van der Waals surface area (Å²) < 4.78 is 9.68. The van der Waals surface area contributed by atoms with Gasteiger partial charge < -0.3 is 30.8 Å². The maximum Gasteiger partial charge on any atom is 0.320 e. The van der Waals surface area contributed by atoms with Gasteiger partial charge in [-0.1, -0.05) is 45.0 Å². The first-order chi connectivity index (χ1) is 22.9. The minimum absolute atomic E-state index is 0.0475. The molecule has 3 atom stereocenters. The summed E-state index contributed by atoms with van der Waals surface area (Å²) in [6, 6.07) is 12.6. The van der Waals surface area contributed by atoms with Crippen LogP contribution in [0.15, 0.2) is 66.8 Å². The number of nitrogens with zero attached hydrogens (tertiary/aromatic N) is 4. The molecule has 1 aliphatic heterocycles. The van der Waals surface area contributed by atoms with Crippen LogP contribution in [0.3, 0.4) is 0 Å². The Morgan fingerprint density at radius 2 is 1.85 bits per heavy atom. The number of allylic oxidation sites excluding steroid dienone is 1. The zero-order chi connectivity index (χ0) is 34.4. The van der Waals surface area contributed by atoms with Gasteiger partial charge in [0, 0.05) is 42.1 Å². The molecule has 1 fully saturated rings. The van der Waals surface area contributed by atoms with Crippen LogP contribution in [-0.2, 0) is 6.54 Å². The molecule has 3 heterocycles. The average Bonchev–Trinajstić information content (AvgIpc) is 3.49. The Kier molecular flexibility index (Phi) is 10.7. The van der Waals surface area contributed by atoms with Crippen molar-refractivity contribution in [2.45, 2.75) is 84.5 Å². The van der Waals surface area contributed by atoms with Crippen LogP contribution in [0.5, 0.6) is 5.75 Å². The summed E-state index contributed by atoms with van der Waals surface area (Å²) in [5, 5.41) is 48.6. The van der Waals surface area contributed by atoms with E-state index in [0.29, 0.717) is 42.5 Å². The number of fused-ring (bicyclic) bond motifs is 1. The summed E-state index contributed by atoms with van der Waals surface area (Å²) in [4.78, 5) is 15.5. The van der Waals surface area contributed by atoms with E-state index < -0.39 is 11.4 Å². The molecule has 2 amide bonds. The minimum Gasteiger partial charge on any atom is -0.484 e. The molecule has 3 aromatic rings. The molecular weight excluding hydrogens is 608 g/mol. The number of anilines is 1. The van der Waals surface area contributed by atoms with Crippen molar-refractivity contribution in [3.63, 3.8) is 0 Å². The fourth-order valence-electron chi connectivity index (χ4n) is 6.04. The third-order valence-electron chi connectivity index (χ3n) is 8.82. The van der Waals surface area contributed by atoms with Gasteiger partial charge in [0.15, 0.2) is 5.82 Å². The van der Waals surface area contributed by atoms with Gasteiger partial charge >= 0.3 is 6.03 Å². The second-order valence-electron chi connectivity index (χ2n) is 13.5. The smallest absolute Gasteiger partial charge is 0.320 e. The number of nitrogens with one attached hydrogen (secondary N) is 6. The van der Waals surface area contributed by atoms with Gasteiger partial charge in [-0.25, -0.2) is 4.79 Å². The van der Waals surface area contributed by atoms with E-state index in [1.165, 1.54) is 0 Å². The first kappa shape index (κ1) is 34.4. The third-order valence-corrected chi connectivity index (χ3v) is 8.82. The normalized spacial score (nSPS) is 19.6. The molecule has 13 heteroatoms. The van der Waals surface area contributed by atoms with Crippen molar-refractivity contribution >= 4 is 23.5 Å². The predicted molar refractivity (Wildman–Crippen MR) is 185 cm³/mol. The molecule has 2 aliphatic rings. The highest BCUT2D eigenvalue weighted by Gasteiger charge is 2.30. The summed E-state index contributed by atoms with van der Waals surface area (Å²) in [7, 11) is 0. The van der Waals surface area contributed by atoms with Crippen molar-refractivity contribution in [2.24, 2.45) is 5.41 Å². The average molecular weight is 657 g/mol. The molecule has 1 aliphatic carbocycles. The first-order valence-electron chi connectivity index (χ1n) is 16.6. The maximum atomic E-state index is 13.4. The number of aliphatic hydroxyl groups excluding tert-OH is 1. The molecule has 0 spiro atoms. The summed E-state index contributed by atoms with van der Waals surface area (Å²) in [6.07, 6.45) is 9.26. The van der Waals surface area contributed by atoms with Crippen molar-refractivity contribution in [1.82, 2.24) is 29.9 Å². The Morgan fingerprint density at radius 1 is 1.08 bits per heavy atom. The van der Waals surface area contributed by atoms with E-state index in [1.54, 1.807) is 45.9 Å². The zero-order valence-corrected chi connectivity index (χ0v) is 28.2. The predicted octanol–water partition coefficient (Wildman–Crippen LogP) is 5.09. The number of pyridine rings is 1. The summed E-state index contributed by atoms with van der Waals surface area (Å²) in [6.45, 7) is 9.01. The van der Waals surface area contributed by atoms with Crippen LogP contribution in [-0.4, -0.2) is 61.2 Å². The van der Waals surface area contributed by atoms with Crippen LogP contribution in [0.25, 0.3) is 0 Å². The number of hydrogen-bond donors (Lipinski definition) is 7.